The molecular weight excluding hydrogens is 336 g/mol. The Hall–Kier alpha value is -2.99. The fraction of sp³-hybridized carbons (Fsp3) is 0.0526. The summed E-state index contributed by atoms with van der Waals surface area (Å²) >= 11 is 0. The lowest BCUT2D eigenvalue weighted by Crippen LogP contribution is -2.01. The summed E-state index contributed by atoms with van der Waals surface area (Å²) in [4.78, 5) is 11.6. The second-order valence-corrected chi connectivity index (χ2v) is 7.65. The largest absolute Gasteiger partial charge is 0.269 e. The van der Waals surface area contributed by atoms with E-state index in [1.54, 1.807) is 37.3 Å². The van der Waals surface area contributed by atoms with Gasteiger partial charge in [-0.25, -0.2) is 4.21 Å². The smallest absolute Gasteiger partial charge is 0.258 e. The molecule has 0 amide bonds. The molecule has 0 spiro atoms. The van der Waals surface area contributed by atoms with Gasteiger partial charge in [0.2, 0.25) is 0 Å². The van der Waals surface area contributed by atoms with E-state index in [1.807, 2.05) is 36.4 Å². The van der Waals surface area contributed by atoms with E-state index < -0.39 is 14.7 Å². The number of rotatable bonds is 4. The van der Waals surface area contributed by atoms with E-state index in [9.17, 15) is 14.3 Å². The van der Waals surface area contributed by atoms with Crippen LogP contribution in [0.25, 0.3) is 0 Å². The third-order valence-corrected chi connectivity index (χ3v) is 6.02. The zero-order chi connectivity index (χ0) is 17.9. The van der Waals surface area contributed by atoms with Crippen LogP contribution in [0.2, 0.25) is 0 Å². The molecule has 0 N–H and O–H groups in total. The highest BCUT2D eigenvalue weighted by molar-refractivity contribution is 7.93. The third-order valence-electron chi connectivity index (χ3n) is 3.74. The van der Waals surface area contributed by atoms with Crippen LogP contribution in [0.5, 0.6) is 0 Å². The number of nitro benzene ring substituents is 1. The number of benzene rings is 3. The van der Waals surface area contributed by atoms with Crippen LogP contribution in [0.4, 0.5) is 11.4 Å². The van der Waals surface area contributed by atoms with Crippen LogP contribution >= 0.6 is 0 Å². The Balaban J connectivity index is 2.25. The molecule has 25 heavy (non-hydrogen) atoms. The van der Waals surface area contributed by atoms with Crippen molar-refractivity contribution in [3.63, 3.8) is 0 Å². The van der Waals surface area contributed by atoms with Crippen molar-refractivity contribution < 1.29 is 9.13 Å². The molecule has 5 nitrogen and oxygen atoms in total. The molecule has 3 aromatic rings. The van der Waals surface area contributed by atoms with Crippen molar-refractivity contribution in [1.29, 1.82) is 0 Å². The molecule has 0 unspecified atom stereocenters. The van der Waals surface area contributed by atoms with Crippen molar-refractivity contribution in [2.24, 2.45) is 4.36 Å². The van der Waals surface area contributed by atoms with Crippen molar-refractivity contribution in [1.82, 2.24) is 0 Å². The summed E-state index contributed by atoms with van der Waals surface area (Å²) in [7, 11) is -2.90. The molecule has 6 heteroatoms. The fourth-order valence-electron chi connectivity index (χ4n) is 2.45. The van der Waals surface area contributed by atoms with Gasteiger partial charge in [0, 0.05) is 12.1 Å². The maximum absolute atomic E-state index is 13.8. The van der Waals surface area contributed by atoms with Crippen LogP contribution in [-0.4, -0.2) is 9.13 Å². The van der Waals surface area contributed by atoms with Gasteiger partial charge >= 0.3 is 0 Å². The van der Waals surface area contributed by atoms with Crippen molar-refractivity contribution >= 4 is 21.1 Å². The highest BCUT2D eigenvalue weighted by Gasteiger charge is 2.17. The molecule has 3 aromatic carbocycles. The fourth-order valence-corrected chi connectivity index (χ4v) is 4.46. The number of nitrogens with zero attached hydrogens (tertiary/aromatic N) is 2. The van der Waals surface area contributed by atoms with Crippen LogP contribution < -0.4 is 0 Å². The molecule has 0 aromatic heterocycles. The Morgan fingerprint density at radius 2 is 1.40 bits per heavy atom. The third kappa shape index (κ3) is 3.44. The molecule has 0 bridgehead atoms. The first-order valence-electron chi connectivity index (χ1n) is 7.63. The molecule has 0 fully saturated rings. The molecule has 3 rings (SSSR count). The van der Waals surface area contributed by atoms with Crippen LogP contribution in [-0.2, 0) is 9.73 Å². The Morgan fingerprint density at radius 1 is 0.880 bits per heavy atom. The predicted molar refractivity (Wildman–Crippen MR) is 97.5 cm³/mol. The van der Waals surface area contributed by atoms with Gasteiger partial charge in [-0.2, -0.15) is 4.36 Å². The Bertz CT molecular complexity index is 980. The highest BCUT2D eigenvalue weighted by atomic mass is 32.2. The molecule has 126 valence electrons. The lowest BCUT2D eigenvalue weighted by atomic mass is 10.2. The number of non-ortho nitro benzene ring substituents is 1. The van der Waals surface area contributed by atoms with Crippen LogP contribution in [0.15, 0.2) is 93.0 Å². The summed E-state index contributed by atoms with van der Waals surface area (Å²) in [5.41, 5.74) is 1.07. The maximum Gasteiger partial charge on any atom is 0.269 e. The van der Waals surface area contributed by atoms with Crippen LogP contribution in [0.1, 0.15) is 5.56 Å². The molecular formula is C19H16N2O3S. The van der Waals surface area contributed by atoms with Crippen molar-refractivity contribution in [3.8, 4) is 0 Å². The van der Waals surface area contributed by atoms with Gasteiger partial charge in [0.15, 0.2) is 0 Å². The van der Waals surface area contributed by atoms with Gasteiger partial charge in [-0.15, -0.1) is 0 Å². The lowest BCUT2D eigenvalue weighted by Gasteiger charge is -2.12. The Labute approximate surface area is 146 Å². The Kier molecular flexibility index (Phi) is 4.63. The van der Waals surface area contributed by atoms with Crippen molar-refractivity contribution in [3.05, 3.63) is 94.5 Å². The van der Waals surface area contributed by atoms with Gasteiger partial charge in [0.1, 0.15) is 9.73 Å². The summed E-state index contributed by atoms with van der Waals surface area (Å²) in [6.45, 7) is 1.72. The summed E-state index contributed by atoms with van der Waals surface area (Å²) in [5, 5.41) is 10.9. The summed E-state index contributed by atoms with van der Waals surface area (Å²) < 4.78 is 18.4. The molecule has 0 atom stereocenters. The average molecular weight is 352 g/mol. The summed E-state index contributed by atoms with van der Waals surface area (Å²) in [6, 6.07) is 22.4. The van der Waals surface area contributed by atoms with Gasteiger partial charge in [0.05, 0.1) is 20.4 Å². The second kappa shape index (κ2) is 6.86. The van der Waals surface area contributed by atoms with E-state index in [0.29, 0.717) is 21.0 Å². The Morgan fingerprint density at radius 3 is 1.84 bits per heavy atom. The molecule has 0 aliphatic heterocycles. The van der Waals surface area contributed by atoms with E-state index in [2.05, 4.69) is 4.36 Å². The van der Waals surface area contributed by atoms with E-state index in [-0.39, 0.29) is 5.69 Å². The normalized spacial score (nSPS) is 11.1. The second-order valence-electron chi connectivity index (χ2n) is 5.47. The topological polar surface area (TPSA) is 72.6 Å². The van der Waals surface area contributed by atoms with Crippen molar-refractivity contribution in [2.45, 2.75) is 16.7 Å². The minimum atomic E-state index is -2.90. The predicted octanol–water partition coefficient (Wildman–Crippen LogP) is 5.12. The summed E-state index contributed by atoms with van der Waals surface area (Å²) in [6.07, 6.45) is 0. The standard InChI is InChI=1S/C19H16N2O3S/c1-15-14-16(21(22)23)12-13-19(15)20-25(24,17-8-4-2-5-9-17)18-10-6-3-7-11-18/h2-14H,1H3. The van der Waals surface area contributed by atoms with E-state index in [0.717, 1.165) is 0 Å². The first-order chi connectivity index (χ1) is 12.0. The van der Waals surface area contributed by atoms with Crippen LogP contribution in [0, 0.1) is 17.0 Å². The molecule has 0 saturated carbocycles. The number of aryl methyl sites for hydroxylation is 1. The van der Waals surface area contributed by atoms with Crippen molar-refractivity contribution in [2.75, 3.05) is 0 Å². The number of hydrogen-bond donors (Lipinski definition) is 0. The first kappa shape index (κ1) is 16.9. The molecule has 0 heterocycles. The van der Waals surface area contributed by atoms with E-state index in [1.165, 1.54) is 12.1 Å². The lowest BCUT2D eigenvalue weighted by molar-refractivity contribution is -0.384. The van der Waals surface area contributed by atoms with Gasteiger partial charge in [-0.3, -0.25) is 10.1 Å². The highest BCUT2D eigenvalue weighted by Crippen LogP contribution is 2.31. The molecule has 0 saturated heterocycles. The molecule has 0 radical (unpaired) electrons. The van der Waals surface area contributed by atoms with E-state index >= 15 is 0 Å². The number of nitro groups is 1. The maximum atomic E-state index is 13.8. The monoisotopic (exact) mass is 352 g/mol. The van der Waals surface area contributed by atoms with E-state index in [4.69, 9.17) is 0 Å². The minimum absolute atomic E-state index is 0.0117. The first-order valence-corrected chi connectivity index (χ1v) is 9.14. The minimum Gasteiger partial charge on any atom is -0.258 e. The zero-order valence-electron chi connectivity index (χ0n) is 13.5. The molecule has 0 aliphatic rings. The van der Waals surface area contributed by atoms with Gasteiger partial charge in [-0.1, -0.05) is 36.4 Å². The summed E-state index contributed by atoms with van der Waals surface area (Å²) in [5.74, 6) is 0. The van der Waals surface area contributed by atoms with Gasteiger partial charge < -0.3 is 0 Å². The zero-order valence-corrected chi connectivity index (χ0v) is 14.3. The molecule has 0 aliphatic carbocycles. The quantitative estimate of drug-likeness (QED) is 0.483. The average Bonchev–Trinajstić information content (AvgIpc) is 2.64. The van der Waals surface area contributed by atoms with Crippen LogP contribution in [0.3, 0.4) is 0 Å². The number of hydrogen-bond acceptors (Lipinski definition) is 4. The van der Waals surface area contributed by atoms with Gasteiger partial charge in [0.25, 0.3) is 5.69 Å². The SMILES string of the molecule is Cc1cc([N+](=O)[O-])ccc1N=S(=O)(c1ccccc1)c1ccccc1. The van der Waals surface area contributed by atoms with Gasteiger partial charge in [-0.05, 0) is 42.8 Å².